The fourth-order valence-electron chi connectivity index (χ4n) is 2.99. The maximum Gasteiger partial charge on any atom is 0.270 e. The third-order valence-corrected chi connectivity index (χ3v) is 4.26. The molecule has 1 amide bonds. The molecule has 23 heavy (non-hydrogen) atoms. The highest BCUT2D eigenvalue weighted by molar-refractivity contribution is 5.96. The van der Waals surface area contributed by atoms with Crippen LogP contribution >= 0.6 is 0 Å². The topological polar surface area (TPSA) is 81.9 Å². The number of nitrogens with zero attached hydrogens (tertiary/aromatic N) is 4. The zero-order valence-electron chi connectivity index (χ0n) is 12.5. The molecule has 1 N–H and O–H groups in total. The number of fused-ring (bicyclic) bond motifs is 1. The molecule has 0 aliphatic carbocycles. The van der Waals surface area contributed by atoms with E-state index in [1.807, 2.05) is 30.3 Å². The van der Waals surface area contributed by atoms with Crippen molar-refractivity contribution in [2.45, 2.75) is 6.42 Å². The summed E-state index contributed by atoms with van der Waals surface area (Å²) in [5.41, 5.74) is 2.23. The van der Waals surface area contributed by atoms with Gasteiger partial charge in [0.25, 0.3) is 5.91 Å². The smallest absolute Gasteiger partial charge is 0.270 e. The van der Waals surface area contributed by atoms with Crippen molar-refractivity contribution in [2.24, 2.45) is 5.92 Å². The van der Waals surface area contributed by atoms with Crippen molar-refractivity contribution in [2.75, 3.05) is 24.5 Å². The van der Waals surface area contributed by atoms with E-state index < -0.39 is 0 Å². The lowest BCUT2D eigenvalue weighted by molar-refractivity contribution is 0.0940. The lowest BCUT2D eigenvalue weighted by atomic mass is 9.98. The van der Waals surface area contributed by atoms with E-state index in [4.69, 9.17) is 10.2 Å². The first-order valence-electron chi connectivity index (χ1n) is 7.65. The van der Waals surface area contributed by atoms with Crippen molar-refractivity contribution >= 4 is 11.7 Å². The van der Waals surface area contributed by atoms with Crippen LogP contribution in [0, 0.1) is 17.2 Å². The van der Waals surface area contributed by atoms with Gasteiger partial charge >= 0.3 is 0 Å². The van der Waals surface area contributed by atoms with Crippen LogP contribution in [0.5, 0.6) is 0 Å². The molecule has 6 nitrogen and oxygen atoms in total. The molecule has 1 aromatic heterocycles. The summed E-state index contributed by atoms with van der Waals surface area (Å²) in [7, 11) is 0. The molecule has 2 aliphatic heterocycles. The Labute approximate surface area is 133 Å². The minimum absolute atomic E-state index is 0.0400. The van der Waals surface area contributed by atoms with Crippen LogP contribution in [0.3, 0.4) is 0 Å². The Morgan fingerprint density at radius 1 is 1.22 bits per heavy atom. The summed E-state index contributed by atoms with van der Waals surface area (Å²) in [4.78, 5) is 23.5. The molecule has 0 radical (unpaired) electrons. The van der Waals surface area contributed by atoms with Gasteiger partial charge in [-0.2, -0.15) is 5.26 Å². The van der Waals surface area contributed by atoms with Crippen LogP contribution in [-0.2, 0) is 6.42 Å². The van der Waals surface area contributed by atoms with Crippen molar-refractivity contribution < 1.29 is 4.79 Å². The summed E-state index contributed by atoms with van der Waals surface area (Å²) < 4.78 is 0. The second-order valence-corrected chi connectivity index (χ2v) is 5.80. The van der Waals surface area contributed by atoms with Gasteiger partial charge in [-0.3, -0.25) is 4.79 Å². The second kappa shape index (κ2) is 5.36. The van der Waals surface area contributed by atoms with Crippen LogP contribution in [0.4, 0.5) is 5.82 Å². The maximum absolute atomic E-state index is 12.2. The van der Waals surface area contributed by atoms with Crippen molar-refractivity contribution in [3.05, 3.63) is 41.6 Å². The SMILES string of the molecule is N#CC1CN(c2nc(-c3ccccc3)nc3c2CCNC3=O)C1. The van der Waals surface area contributed by atoms with E-state index in [1.54, 1.807) is 0 Å². The summed E-state index contributed by atoms with van der Waals surface area (Å²) in [6.45, 7) is 1.92. The van der Waals surface area contributed by atoms with E-state index in [2.05, 4.69) is 21.3 Å². The third kappa shape index (κ3) is 2.30. The number of nitriles is 1. The van der Waals surface area contributed by atoms with Gasteiger partial charge in [-0.15, -0.1) is 0 Å². The molecule has 6 heteroatoms. The molecular formula is C17H15N5O. The molecule has 2 aliphatic rings. The summed E-state index contributed by atoms with van der Waals surface area (Å²) in [6, 6.07) is 11.9. The van der Waals surface area contributed by atoms with Gasteiger partial charge in [0, 0.05) is 30.8 Å². The second-order valence-electron chi connectivity index (χ2n) is 5.80. The van der Waals surface area contributed by atoms with Crippen LogP contribution in [0.15, 0.2) is 30.3 Å². The molecule has 0 bridgehead atoms. The highest BCUT2D eigenvalue weighted by Gasteiger charge is 2.33. The lowest BCUT2D eigenvalue weighted by Crippen LogP contribution is -2.48. The molecule has 4 rings (SSSR count). The molecule has 114 valence electrons. The van der Waals surface area contributed by atoms with E-state index in [0.29, 0.717) is 31.2 Å². The van der Waals surface area contributed by atoms with Gasteiger partial charge in [0.2, 0.25) is 0 Å². The Morgan fingerprint density at radius 2 is 2.00 bits per heavy atom. The predicted molar refractivity (Wildman–Crippen MR) is 84.8 cm³/mol. The average Bonchev–Trinajstić information content (AvgIpc) is 2.55. The van der Waals surface area contributed by atoms with Gasteiger partial charge in [0.1, 0.15) is 11.5 Å². The van der Waals surface area contributed by atoms with E-state index in [0.717, 1.165) is 23.4 Å². The van der Waals surface area contributed by atoms with Gasteiger partial charge < -0.3 is 10.2 Å². The summed E-state index contributed by atoms with van der Waals surface area (Å²) in [5.74, 6) is 1.25. The number of hydrogen-bond donors (Lipinski definition) is 1. The molecule has 0 saturated carbocycles. The summed E-state index contributed by atoms with van der Waals surface area (Å²) >= 11 is 0. The highest BCUT2D eigenvalue weighted by Crippen LogP contribution is 2.31. The van der Waals surface area contributed by atoms with Crippen molar-refractivity contribution in [1.82, 2.24) is 15.3 Å². The standard InChI is InChI=1S/C17H15N5O/c18-8-11-9-22(10-11)16-13-6-7-19-17(23)14(13)20-15(21-16)12-4-2-1-3-5-12/h1-5,11H,6-7,9-10H2,(H,19,23). The van der Waals surface area contributed by atoms with E-state index in [-0.39, 0.29) is 11.8 Å². The van der Waals surface area contributed by atoms with Gasteiger partial charge in [-0.05, 0) is 6.42 Å². The quantitative estimate of drug-likeness (QED) is 0.906. The Hall–Kier alpha value is -2.94. The van der Waals surface area contributed by atoms with Gasteiger partial charge in [-0.1, -0.05) is 30.3 Å². The number of anilines is 1. The third-order valence-electron chi connectivity index (χ3n) is 4.26. The Morgan fingerprint density at radius 3 is 2.74 bits per heavy atom. The minimum atomic E-state index is -0.149. The van der Waals surface area contributed by atoms with E-state index in [1.165, 1.54) is 0 Å². The zero-order chi connectivity index (χ0) is 15.8. The van der Waals surface area contributed by atoms with Crippen LogP contribution in [0.2, 0.25) is 0 Å². The van der Waals surface area contributed by atoms with Crippen molar-refractivity contribution in [1.29, 1.82) is 5.26 Å². The van der Waals surface area contributed by atoms with Crippen LogP contribution in [-0.4, -0.2) is 35.5 Å². The number of aromatic nitrogens is 2. The monoisotopic (exact) mass is 305 g/mol. The van der Waals surface area contributed by atoms with E-state index >= 15 is 0 Å². The molecule has 2 aromatic rings. The maximum atomic E-state index is 12.2. The summed E-state index contributed by atoms with van der Waals surface area (Å²) in [5, 5.41) is 11.8. The number of nitrogens with one attached hydrogen (secondary N) is 1. The van der Waals surface area contributed by atoms with Crippen LogP contribution in [0.1, 0.15) is 16.1 Å². The van der Waals surface area contributed by atoms with Crippen molar-refractivity contribution in [3.63, 3.8) is 0 Å². The molecule has 0 atom stereocenters. The molecule has 3 heterocycles. The molecule has 1 aromatic carbocycles. The van der Waals surface area contributed by atoms with Gasteiger partial charge in [0.15, 0.2) is 5.82 Å². The van der Waals surface area contributed by atoms with Crippen LogP contribution in [0.25, 0.3) is 11.4 Å². The predicted octanol–water partition coefficient (Wildman–Crippen LogP) is 1.39. The first kappa shape index (κ1) is 13.7. The van der Waals surface area contributed by atoms with Gasteiger partial charge in [0.05, 0.1) is 12.0 Å². The Kier molecular flexibility index (Phi) is 3.19. The number of carbonyl (C=O) groups excluding carboxylic acids is 1. The Bertz CT molecular complexity index is 806. The fourth-order valence-corrected chi connectivity index (χ4v) is 2.99. The number of amides is 1. The Balaban J connectivity index is 1.82. The minimum Gasteiger partial charge on any atom is -0.353 e. The highest BCUT2D eigenvalue weighted by atomic mass is 16.1. The molecule has 1 fully saturated rings. The van der Waals surface area contributed by atoms with Crippen LogP contribution < -0.4 is 10.2 Å². The normalized spacial score (nSPS) is 17.0. The lowest BCUT2D eigenvalue weighted by Gasteiger charge is -2.38. The van der Waals surface area contributed by atoms with Gasteiger partial charge in [-0.25, -0.2) is 9.97 Å². The van der Waals surface area contributed by atoms with E-state index in [9.17, 15) is 4.79 Å². The number of hydrogen-bond acceptors (Lipinski definition) is 5. The fraction of sp³-hybridized carbons (Fsp3) is 0.294. The zero-order valence-corrected chi connectivity index (χ0v) is 12.5. The molecule has 0 spiro atoms. The number of benzene rings is 1. The molecule has 0 unspecified atom stereocenters. The number of carbonyl (C=O) groups is 1. The van der Waals surface area contributed by atoms with Crippen molar-refractivity contribution in [3.8, 4) is 17.5 Å². The first-order valence-corrected chi connectivity index (χ1v) is 7.65. The molecule has 1 saturated heterocycles. The largest absolute Gasteiger partial charge is 0.353 e. The summed E-state index contributed by atoms with van der Waals surface area (Å²) in [6.07, 6.45) is 0.721. The molecular weight excluding hydrogens is 290 g/mol. The average molecular weight is 305 g/mol. The number of rotatable bonds is 2. The first-order chi connectivity index (χ1) is 11.3.